The number of anilines is 1. The van der Waals surface area contributed by atoms with Gasteiger partial charge in [-0.1, -0.05) is 39.7 Å². The molecule has 2 N–H and O–H groups in total. The van der Waals surface area contributed by atoms with Crippen molar-refractivity contribution in [3.63, 3.8) is 0 Å². The Kier molecular flexibility index (Phi) is 7.69. The molecule has 3 aromatic rings. The first-order valence-corrected chi connectivity index (χ1v) is 11.3. The molecule has 0 radical (unpaired) electrons. The number of hydrogen-bond acceptors (Lipinski definition) is 3. The van der Waals surface area contributed by atoms with E-state index in [0.717, 1.165) is 14.5 Å². The monoisotopic (exact) mass is 584 g/mol. The van der Waals surface area contributed by atoms with Crippen molar-refractivity contribution in [3.05, 3.63) is 85.0 Å². The van der Waals surface area contributed by atoms with Crippen LogP contribution in [0.1, 0.15) is 21.5 Å². The number of ether oxygens (including phenoxy) is 1. The Balaban J connectivity index is 1.79. The molecule has 0 aromatic heterocycles. The molecule has 0 atom stereocenters. The molecule has 0 spiro atoms. The molecule has 0 heterocycles. The fraction of sp³-hybridized carbons (Fsp3) is 0.0909. The zero-order valence-corrected chi connectivity index (χ0v) is 21.1. The van der Waals surface area contributed by atoms with Gasteiger partial charge in [-0.25, -0.2) is 4.39 Å². The van der Waals surface area contributed by atoms with Crippen LogP contribution in [-0.2, 0) is 0 Å². The maximum Gasteiger partial charge on any atom is 0.260 e. The summed E-state index contributed by atoms with van der Waals surface area (Å²) in [6.07, 6.45) is 0. The third kappa shape index (κ3) is 5.63. The third-order valence-corrected chi connectivity index (χ3v) is 6.15. The number of aryl methyl sites for hydroxylation is 1. The highest BCUT2D eigenvalue weighted by atomic mass is 79.9. The molecule has 4 nitrogen and oxygen atoms in total. The molecule has 0 unspecified atom stereocenters. The van der Waals surface area contributed by atoms with Crippen LogP contribution in [0, 0.1) is 19.7 Å². The van der Waals surface area contributed by atoms with E-state index in [1.165, 1.54) is 18.2 Å². The van der Waals surface area contributed by atoms with Crippen LogP contribution in [0.4, 0.5) is 10.1 Å². The van der Waals surface area contributed by atoms with E-state index < -0.39 is 11.7 Å². The summed E-state index contributed by atoms with van der Waals surface area (Å²) in [5.41, 5.74) is 2.02. The van der Waals surface area contributed by atoms with Crippen LogP contribution in [-0.4, -0.2) is 11.0 Å². The number of hydrogen-bond donors (Lipinski definition) is 2. The summed E-state index contributed by atoms with van der Waals surface area (Å²) in [5, 5.41) is 5.88. The highest BCUT2D eigenvalue weighted by molar-refractivity contribution is 9.11. The van der Waals surface area contributed by atoms with Gasteiger partial charge in [0.2, 0.25) is 0 Å². The second-order valence-corrected chi connectivity index (χ2v) is 9.13. The smallest absolute Gasteiger partial charge is 0.260 e. The SMILES string of the molecule is Cc1cc(Oc2ccc(Br)cc2Br)c(Cl)c(C)c1NC(=S)NC(=O)c1ccccc1F. The molecule has 3 rings (SSSR count). The van der Waals surface area contributed by atoms with Crippen LogP contribution in [0.15, 0.2) is 57.5 Å². The first kappa shape index (κ1) is 23.7. The van der Waals surface area contributed by atoms with Gasteiger partial charge in [-0.05, 0) is 89.5 Å². The van der Waals surface area contributed by atoms with Crippen LogP contribution in [0.5, 0.6) is 11.5 Å². The Labute approximate surface area is 206 Å². The Morgan fingerprint density at radius 2 is 1.81 bits per heavy atom. The molecule has 9 heteroatoms. The number of nitrogens with one attached hydrogen (secondary N) is 2. The molecule has 0 fully saturated rings. The first-order valence-electron chi connectivity index (χ1n) is 8.97. The molecule has 0 aliphatic rings. The van der Waals surface area contributed by atoms with Crippen molar-refractivity contribution in [3.8, 4) is 11.5 Å². The number of halogens is 4. The number of benzene rings is 3. The lowest BCUT2D eigenvalue weighted by atomic mass is 10.1. The number of carbonyl (C=O) groups excluding carboxylic acids is 1. The van der Waals surface area contributed by atoms with E-state index in [2.05, 4.69) is 42.5 Å². The van der Waals surface area contributed by atoms with E-state index in [9.17, 15) is 9.18 Å². The fourth-order valence-corrected chi connectivity index (χ4v) is 4.34. The number of carbonyl (C=O) groups is 1. The first-order chi connectivity index (χ1) is 14.7. The van der Waals surface area contributed by atoms with E-state index in [1.807, 2.05) is 32.0 Å². The summed E-state index contributed by atoms with van der Waals surface area (Å²) in [7, 11) is 0. The van der Waals surface area contributed by atoms with Crippen molar-refractivity contribution >= 4 is 72.4 Å². The zero-order chi connectivity index (χ0) is 22.7. The lowest BCUT2D eigenvalue weighted by molar-refractivity contribution is 0.0974. The minimum atomic E-state index is -0.642. The Morgan fingerprint density at radius 1 is 1.10 bits per heavy atom. The van der Waals surface area contributed by atoms with Crippen molar-refractivity contribution in [1.29, 1.82) is 0 Å². The summed E-state index contributed by atoms with van der Waals surface area (Å²) in [6, 6.07) is 13.0. The van der Waals surface area contributed by atoms with Gasteiger partial charge in [-0.15, -0.1) is 0 Å². The average molecular weight is 587 g/mol. The molecule has 160 valence electrons. The number of thiocarbonyl (C=S) groups is 1. The minimum Gasteiger partial charge on any atom is -0.455 e. The van der Waals surface area contributed by atoms with E-state index in [1.54, 1.807) is 12.1 Å². The Bertz CT molecular complexity index is 1190. The van der Waals surface area contributed by atoms with Crippen molar-refractivity contribution in [2.24, 2.45) is 0 Å². The van der Waals surface area contributed by atoms with Gasteiger partial charge in [0.15, 0.2) is 5.11 Å². The summed E-state index contributed by atoms with van der Waals surface area (Å²) in [5.74, 6) is -0.181. The van der Waals surface area contributed by atoms with Crippen molar-refractivity contribution in [2.45, 2.75) is 13.8 Å². The van der Waals surface area contributed by atoms with E-state index in [0.29, 0.717) is 27.8 Å². The van der Waals surface area contributed by atoms with E-state index in [4.69, 9.17) is 28.6 Å². The maximum atomic E-state index is 13.8. The lowest BCUT2D eigenvalue weighted by Crippen LogP contribution is -2.35. The minimum absolute atomic E-state index is 0.0276. The molecule has 3 aromatic carbocycles. The summed E-state index contributed by atoms with van der Waals surface area (Å²) in [4.78, 5) is 12.3. The van der Waals surface area contributed by atoms with Crippen LogP contribution in [0.2, 0.25) is 5.02 Å². The molecule has 31 heavy (non-hydrogen) atoms. The number of amides is 1. The van der Waals surface area contributed by atoms with Gasteiger partial charge in [0.25, 0.3) is 5.91 Å². The normalized spacial score (nSPS) is 10.5. The number of rotatable bonds is 4. The zero-order valence-electron chi connectivity index (χ0n) is 16.4. The largest absolute Gasteiger partial charge is 0.455 e. The van der Waals surface area contributed by atoms with Crippen molar-refractivity contribution < 1.29 is 13.9 Å². The van der Waals surface area contributed by atoms with Crippen LogP contribution in [0.25, 0.3) is 0 Å². The fourth-order valence-electron chi connectivity index (χ4n) is 2.83. The maximum absolute atomic E-state index is 13.8. The Hall–Kier alpha value is -2.00. The van der Waals surface area contributed by atoms with Gasteiger partial charge in [0.05, 0.1) is 15.1 Å². The lowest BCUT2D eigenvalue weighted by Gasteiger charge is -2.18. The summed E-state index contributed by atoms with van der Waals surface area (Å²) < 4.78 is 21.5. The van der Waals surface area contributed by atoms with Crippen molar-refractivity contribution in [1.82, 2.24) is 5.32 Å². The predicted octanol–water partition coefficient (Wildman–Crippen LogP) is 7.54. The molecule has 0 aliphatic heterocycles. The predicted molar refractivity (Wildman–Crippen MR) is 133 cm³/mol. The van der Waals surface area contributed by atoms with Crippen LogP contribution in [0.3, 0.4) is 0 Å². The molecule has 1 amide bonds. The highest BCUT2D eigenvalue weighted by Crippen LogP contribution is 2.40. The molecule has 0 bridgehead atoms. The van der Waals surface area contributed by atoms with Gasteiger partial charge in [0.1, 0.15) is 17.3 Å². The molecule has 0 aliphatic carbocycles. The second-order valence-electron chi connectivity index (χ2n) is 6.57. The van der Waals surface area contributed by atoms with Crippen LogP contribution < -0.4 is 15.4 Å². The van der Waals surface area contributed by atoms with Gasteiger partial charge >= 0.3 is 0 Å². The average Bonchev–Trinajstić information content (AvgIpc) is 2.71. The quantitative estimate of drug-likeness (QED) is 0.310. The van der Waals surface area contributed by atoms with Gasteiger partial charge in [-0.2, -0.15) is 0 Å². The van der Waals surface area contributed by atoms with Gasteiger partial charge in [0, 0.05) is 10.2 Å². The van der Waals surface area contributed by atoms with Crippen LogP contribution >= 0.6 is 55.7 Å². The molecule has 0 saturated heterocycles. The van der Waals surface area contributed by atoms with E-state index >= 15 is 0 Å². The summed E-state index contributed by atoms with van der Waals surface area (Å²) >= 11 is 18.6. The van der Waals surface area contributed by atoms with Gasteiger partial charge < -0.3 is 10.1 Å². The van der Waals surface area contributed by atoms with E-state index in [-0.39, 0.29) is 10.7 Å². The molecule has 0 saturated carbocycles. The highest BCUT2D eigenvalue weighted by Gasteiger charge is 2.17. The second kappa shape index (κ2) is 10.1. The van der Waals surface area contributed by atoms with Crippen molar-refractivity contribution in [2.75, 3.05) is 5.32 Å². The standard InChI is InChI=1S/C22H16Br2ClFN2O2S/c1-11-9-18(30-17-8-7-13(23)10-15(17)24)19(25)12(2)20(11)27-22(31)28-21(29)14-5-3-4-6-16(14)26/h3-10H,1-2H3,(H2,27,28,29,31). The molecular formula is C22H16Br2ClFN2O2S. The topological polar surface area (TPSA) is 50.4 Å². The molecular weight excluding hydrogens is 571 g/mol. The van der Waals surface area contributed by atoms with Gasteiger partial charge in [-0.3, -0.25) is 10.1 Å². The summed E-state index contributed by atoms with van der Waals surface area (Å²) in [6.45, 7) is 3.67. The third-order valence-electron chi connectivity index (χ3n) is 4.36. The Morgan fingerprint density at radius 3 is 2.48 bits per heavy atom.